The number of carbonyl (C=O) groups excluding carboxylic acids is 1. The summed E-state index contributed by atoms with van der Waals surface area (Å²) < 4.78 is 18.3. The van der Waals surface area contributed by atoms with Gasteiger partial charge in [-0.05, 0) is 62.7 Å². The molecule has 4 rings (SSSR count). The molecule has 0 fully saturated rings. The van der Waals surface area contributed by atoms with Gasteiger partial charge >= 0.3 is 5.97 Å². The first-order chi connectivity index (χ1) is 16.7. The molecular formula is C26H25ClN2O5S. The lowest BCUT2D eigenvalue weighted by molar-refractivity contribution is -0.143. The number of esters is 1. The van der Waals surface area contributed by atoms with Crippen molar-refractivity contribution in [2.45, 2.75) is 32.9 Å². The van der Waals surface area contributed by atoms with E-state index in [0.29, 0.717) is 42.7 Å². The standard InChI is InChI=1S/C26H25ClN2O5S/c1-14(2)34-25(31)22-15(3)28-26-29(23(22)16-6-8-18(27)9-7-16)24(30)21(35-26)13-17-12-19(32-4)10-11-20(17)33-5/h6-14,23H,1-5H3/b21-13-. The molecule has 1 aliphatic rings. The summed E-state index contributed by atoms with van der Waals surface area (Å²) in [5.41, 5.74) is 1.96. The van der Waals surface area contributed by atoms with Crippen LogP contribution in [0, 0.1) is 0 Å². The highest BCUT2D eigenvalue weighted by molar-refractivity contribution is 7.07. The van der Waals surface area contributed by atoms with Gasteiger partial charge in [-0.1, -0.05) is 35.1 Å². The summed E-state index contributed by atoms with van der Waals surface area (Å²) in [6.07, 6.45) is 1.42. The minimum Gasteiger partial charge on any atom is -0.497 e. The number of benzene rings is 2. The molecule has 0 amide bonds. The molecule has 35 heavy (non-hydrogen) atoms. The van der Waals surface area contributed by atoms with Gasteiger partial charge in [-0.15, -0.1) is 0 Å². The van der Waals surface area contributed by atoms with E-state index >= 15 is 0 Å². The van der Waals surface area contributed by atoms with Crippen molar-refractivity contribution in [2.75, 3.05) is 14.2 Å². The van der Waals surface area contributed by atoms with Gasteiger partial charge in [-0.25, -0.2) is 9.79 Å². The van der Waals surface area contributed by atoms with E-state index in [4.69, 9.17) is 25.8 Å². The second kappa shape index (κ2) is 10.1. The van der Waals surface area contributed by atoms with Crippen LogP contribution in [-0.2, 0) is 9.53 Å². The van der Waals surface area contributed by atoms with Gasteiger partial charge in [0.15, 0.2) is 4.80 Å². The van der Waals surface area contributed by atoms with Gasteiger partial charge < -0.3 is 14.2 Å². The normalized spacial score (nSPS) is 15.6. The third-order valence-corrected chi connectivity index (χ3v) is 6.73. The van der Waals surface area contributed by atoms with Crippen molar-refractivity contribution in [2.24, 2.45) is 4.99 Å². The van der Waals surface area contributed by atoms with Crippen LogP contribution in [0.3, 0.4) is 0 Å². The molecule has 7 nitrogen and oxygen atoms in total. The number of halogens is 1. The minimum atomic E-state index is -0.705. The number of fused-ring (bicyclic) bond motifs is 1. The number of rotatable bonds is 6. The summed E-state index contributed by atoms with van der Waals surface area (Å²) in [4.78, 5) is 31.9. The second-order valence-electron chi connectivity index (χ2n) is 8.20. The average Bonchev–Trinajstić information content (AvgIpc) is 3.12. The van der Waals surface area contributed by atoms with Crippen LogP contribution in [0.1, 0.15) is 37.9 Å². The quantitative estimate of drug-likeness (QED) is 0.469. The van der Waals surface area contributed by atoms with E-state index < -0.39 is 12.0 Å². The van der Waals surface area contributed by atoms with Gasteiger partial charge in [0.2, 0.25) is 0 Å². The van der Waals surface area contributed by atoms with Crippen LogP contribution in [0.25, 0.3) is 6.08 Å². The fraction of sp³-hybridized carbons (Fsp3) is 0.269. The van der Waals surface area contributed by atoms with E-state index in [2.05, 4.69) is 4.99 Å². The molecule has 9 heteroatoms. The highest BCUT2D eigenvalue weighted by Crippen LogP contribution is 2.31. The van der Waals surface area contributed by atoms with Crippen LogP contribution in [0.5, 0.6) is 11.5 Å². The van der Waals surface area contributed by atoms with Crippen molar-refractivity contribution in [1.82, 2.24) is 4.57 Å². The van der Waals surface area contributed by atoms with Crippen LogP contribution in [0.15, 0.2) is 63.5 Å². The maximum absolute atomic E-state index is 13.7. The molecule has 1 unspecified atom stereocenters. The Morgan fingerprint density at radius 2 is 1.86 bits per heavy atom. The van der Waals surface area contributed by atoms with Gasteiger partial charge in [0.1, 0.15) is 11.5 Å². The minimum absolute atomic E-state index is 0.277. The van der Waals surface area contributed by atoms with E-state index in [0.717, 1.165) is 5.56 Å². The number of aromatic nitrogens is 1. The van der Waals surface area contributed by atoms with Gasteiger partial charge in [0.25, 0.3) is 5.56 Å². The number of thiazole rings is 1. The highest BCUT2D eigenvalue weighted by atomic mass is 35.5. The lowest BCUT2D eigenvalue weighted by atomic mass is 9.96. The van der Waals surface area contributed by atoms with Crippen LogP contribution >= 0.6 is 22.9 Å². The molecule has 1 atom stereocenters. The zero-order chi connectivity index (χ0) is 25.3. The lowest BCUT2D eigenvalue weighted by Gasteiger charge is -2.25. The Morgan fingerprint density at radius 3 is 2.49 bits per heavy atom. The first-order valence-corrected chi connectivity index (χ1v) is 12.1. The maximum atomic E-state index is 13.7. The number of nitrogens with zero attached hydrogens (tertiary/aromatic N) is 2. The number of allylic oxidation sites excluding steroid dienone is 1. The van der Waals surface area contributed by atoms with Crippen LogP contribution < -0.4 is 24.4 Å². The molecule has 1 aliphatic heterocycles. The number of hydrogen-bond acceptors (Lipinski definition) is 7. The fourth-order valence-corrected chi connectivity index (χ4v) is 5.08. The molecule has 2 aromatic carbocycles. The Bertz CT molecular complexity index is 1490. The lowest BCUT2D eigenvalue weighted by Crippen LogP contribution is -2.40. The second-order valence-corrected chi connectivity index (χ2v) is 9.64. The average molecular weight is 513 g/mol. The van der Waals surface area contributed by atoms with Gasteiger partial charge in [-0.2, -0.15) is 0 Å². The summed E-state index contributed by atoms with van der Waals surface area (Å²) in [7, 11) is 3.14. The summed E-state index contributed by atoms with van der Waals surface area (Å²) in [5.74, 6) is 0.728. The molecule has 1 aromatic heterocycles. The van der Waals surface area contributed by atoms with Crippen molar-refractivity contribution < 1.29 is 19.0 Å². The molecule has 0 aliphatic carbocycles. The van der Waals surface area contributed by atoms with Gasteiger partial charge in [-0.3, -0.25) is 9.36 Å². The van der Waals surface area contributed by atoms with E-state index in [1.807, 2.05) is 0 Å². The zero-order valence-corrected chi connectivity index (χ0v) is 21.6. The molecule has 0 radical (unpaired) electrons. The van der Waals surface area contributed by atoms with Crippen molar-refractivity contribution in [3.05, 3.63) is 89.6 Å². The summed E-state index contributed by atoms with van der Waals surface area (Å²) in [5, 5.41) is 0.554. The third kappa shape index (κ3) is 4.90. The molecule has 3 aromatic rings. The van der Waals surface area contributed by atoms with E-state index in [1.54, 1.807) is 83.5 Å². The van der Waals surface area contributed by atoms with E-state index in [1.165, 1.54) is 15.9 Å². The Balaban J connectivity index is 1.96. The molecule has 0 spiro atoms. The molecule has 182 valence electrons. The highest BCUT2D eigenvalue weighted by Gasteiger charge is 2.33. The van der Waals surface area contributed by atoms with E-state index in [-0.39, 0.29) is 11.7 Å². The largest absolute Gasteiger partial charge is 0.497 e. The molecule has 0 N–H and O–H groups in total. The topological polar surface area (TPSA) is 79.1 Å². The summed E-state index contributed by atoms with van der Waals surface area (Å²) in [6.45, 7) is 5.31. The van der Waals surface area contributed by atoms with Crippen LogP contribution in [0.4, 0.5) is 0 Å². The predicted molar refractivity (Wildman–Crippen MR) is 136 cm³/mol. The monoisotopic (exact) mass is 512 g/mol. The third-order valence-electron chi connectivity index (χ3n) is 5.49. The van der Waals surface area contributed by atoms with Crippen molar-refractivity contribution >= 4 is 35.0 Å². The number of ether oxygens (including phenoxy) is 3. The van der Waals surface area contributed by atoms with Crippen molar-refractivity contribution in [3.8, 4) is 11.5 Å². The summed E-state index contributed by atoms with van der Waals surface area (Å²) >= 11 is 7.35. The molecular weight excluding hydrogens is 488 g/mol. The molecule has 0 saturated carbocycles. The van der Waals surface area contributed by atoms with Crippen LogP contribution in [-0.4, -0.2) is 30.9 Å². The SMILES string of the molecule is COc1ccc(OC)c(/C=c2\sc3n(c2=O)C(c2ccc(Cl)cc2)C(C(=O)OC(C)C)=C(C)N=3)c1. The number of carbonyl (C=O) groups is 1. The van der Waals surface area contributed by atoms with Gasteiger partial charge in [0, 0.05) is 10.6 Å². The van der Waals surface area contributed by atoms with E-state index in [9.17, 15) is 9.59 Å². The fourth-order valence-electron chi connectivity index (χ4n) is 3.91. The molecule has 2 heterocycles. The van der Waals surface area contributed by atoms with Crippen molar-refractivity contribution in [1.29, 1.82) is 0 Å². The maximum Gasteiger partial charge on any atom is 0.338 e. The van der Waals surface area contributed by atoms with Crippen LogP contribution in [0.2, 0.25) is 5.02 Å². The number of hydrogen-bond donors (Lipinski definition) is 0. The van der Waals surface area contributed by atoms with Gasteiger partial charge in [0.05, 0.1) is 42.2 Å². The molecule has 0 saturated heterocycles. The molecule has 0 bridgehead atoms. The Morgan fingerprint density at radius 1 is 1.14 bits per heavy atom. The first kappa shape index (κ1) is 24.8. The Kier molecular flexibility index (Phi) is 7.14. The first-order valence-electron chi connectivity index (χ1n) is 10.9. The smallest absolute Gasteiger partial charge is 0.338 e. The Labute approximate surface area is 211 Å². The predicted octanol–water partition coefficient (Wildman–Crippen LogP) is 3.86. The summed E-state index contributed by atoms with van der Waals surface area (Å²) in [6, 6.07) is 11.7. The van der Waals surface area contributed by atoms with Crippen molar-refractivity contribution in [3.63, 3.8) is 0 Å². The Hall–Kier alpha value is -3.36. The zero-order valence-electron chi connectivity index (χ0n) is 20.0. The number of methoxy groups -OCH3 is 2.